The predicted octanol–water partition coefficient (Wildman–Crippen LogP) is 0.680. The maximum atomic E-state index is 12.1. The van der Waals surface area contributed by atoms with Crippen LogP contribution in [0.2, 0.25) is 0 Å². The van der Waals surface area contributed by atoms with Gasteiger partial charge in [0.15, 0.2) is 0 Å². The fourth-order valence-electron chi connectivity index (χ4n) is 1.62. The van der Waals surface area contributed by atoms with Crippen LogP contribution in [0.5, 0.6) is 0 Å². The van der Waals surface area contributed by atoms with Crippen LogP contribution in [0.1, 0.15) is 18.6 Å². The van der Waals surface area contributed by atoms with Crippen molar-refractivity contribution in [3.63, 3.8) is 0 Å². The summed E-state index contributed by atoms with van der Waals surface area (Å²) in [4.78, 5) is 0.114. The van der Waals surface area contributed by atoms with Crippen LogP contribution >= 0.6 is 0 Å². The maximum absolute atomic E-state index is 12.1. The van der Waals surface area contributed by atoms with Crippen LogP contribution in [0.15, 0.2) is 29.2 Å². The zero-order valence-corrected chi connectivity index (χ0v) is 12.7. The fourth-order valence-corrected chi connectivity index (χ4v) is 2.74. The normalized spacial score (nSPS) is 15.0. The first-order chi connectivity index (χ1) is 9.40. The second kappa shape index (κ2) is 7.70. The van der Waals surface area contributed by atoms with Crippen LogP contribution in [-0.4, -0.2) is 47.0 Å². The van der Waals surface area contributed by atoms with E-state index in [9.17, 15) is 13.5 Å². The van der Waals surface area contributed by atoms with Gasteiger partial charge in [-0.1, -0.05) is 12.1 Å². The lowest BCUT2D eigenvalue weighted by Gasteiger charge is -2.15. The SMILES string of the molecule is COCC(CNS(=O)(=O)c1cccc(C(C)O)c1)OC. The molecule has 7 heteroatoms. The molecule has 0 aliphatic carbocycles. The Morgan fingerprint density at radius 2 is 2.05 bits per heavy atom. The van der Waals surface area contributed by atoms with E-state index in [0.717, 1.165) is 0 Å². The molecule has 2 atom stereocenters. The van der Waals surface area contributed by atoms with Gasteiger partial charge in [-0.3, -0.25) is 0 Å². The topological polar surface area (TPSA) is 84.9 Å². The highest BCUT2D eigenvalue weighted by Gasteiger charge is 2.17. The molecule has 0 saturated heterocycles. The van der Waals surface area contributed by atoms with Gasteiger partial charge in [0.2, 0.25) is 10.0 Å². The van der Waals surface area contributed by atoms with Crippen molar-refractivity contribution in [3.8, 4) is 0 Å². The van der Waals surface area contributed by atoms with Gasteiger partial charge >= 0.3 is 0 Å². The molecule has 0 spiro atoms. The third-order valence-electron chi connectivity index (χ3n) is 2.84. The molecule has 114 valence electrons. The van der Waals surface area contributed by atoms with E-state index in [-0.39, 0.29) is 17.5 Å². The summed E-state index contributed by atoms with van der Waals surface area (Å²) < 4.78 is 36.8. The highest BCUT2D eigenvalue weighted by molar-refractivity contribution is 7.89. The van der Waals surface area contributed by atoms with Crippen LogP contribution in [0.25, 0.3) is 0 Å². The van der Waals surface area contributed by atoms with Crippen molar-refractivity contribution in [1.82, 2.24) is 4.72 Å². The third kappa shape index (κ3) is 4.84. The highest BCUT2D eigenvalue weighted by Crippen LogP contribution is 2.17. The molecule has 1 rings (SSSR count). The lowest BCUT2D eigenvalue weighted by atomic mass is 10.1. The van der Waals surface area contributed by atoms with E-state index in [4.69, 9.17) is 9.47 Å². The number of hydrogen-bond acceptors (Lipinski definition) is 5. The number of hydrogen-bond donors (Lipinski definition) is 2. The fraction of sp³-hybridized carbons (Fsp3) is 0.538. The summed E-state index contributed by atoms with van der Waals surface area (Å²) >= 11 is 0. The van der Waals surface area contributed by atoms with E-state index in [0.29, 0.717) is 12.2 Å². The van der Waals surface area contributed by atoms with E-state index in [1.807, 2.05) is 0 Å². The Hall–Kier alpha value is -0.990. The summed E-state index contributed by atoms with van der Waals surface area (Å²) in [5.41, 5.74) is 0.549. The summed E-state index contributed by atoms with van der Waals surface area (Å²) in [5, 5.41) is 9.49. The van der Waals surface area contributed by atoms with Crippen LogP contribution in [0.3, 0.4) is 0 Å². The molecular formula is C13H21NO5S. The van der Waals surface area contributed by atoms with Crippen LogP contribution in [-0.2, 0) is 19.5 Å². The first-order valence-corrected chi connectivity index (χ1v) is 7.68. The minimum atomic E-state index is -3.64. The van der Waals surface area contributed by atoms with Crippen molar-refractivity contribution in [2.75, 3.05) is 27.4 Å². The Morgan fingerprint density at radius 1 is 1.35 bits per heavy atom. The monoisotopic (exact) mass is 303 g/mol. The van der Waals surface area contributed by atoms with Gasteiger partial charge in [-0.25, -0.2) is 13.1 Å². The minimum absolute atomic E-state index is 0.114. The summed E-state index contributed by atoms with van der Waals surface area (Å²) in [7, 11) is -0.624. The van der Waals surface area contributed by atoms with E-state index in [1.165, 1.54) is 26.4 Å². The molecule has 0 heterocycles. The quantitative estimate of drug-likeness (QED) is 0.738. The van der Waals surface area contributed by atoms with Crippen molar-refractivity contribution in [3.05, 3.63) is 29.8 Å². The van der Waals surface area contributed by atoms with Gasteiger partial charge in [-0.15, -0.1) is 0 Å². The standard InChI is InChI=1S/C13H21NO5S/c1-10(15)11-5-4-6-13(7-11)20(16,17)14-8-12(19-3)9-18-2/h4-7,10,12,14-15H,8-9H2,1-3H3. The average molecular weight is 303 g/mol. The number of benzene rings is 1. The Balaban J connectivity index is 2.80. The van der Waals surface area contributed by atoms with E-state index >= 15 is 0 Å². The zero-order valence-electron chi connectivity index (χ0n) is 11.9. The van der Waals surface area contributed by atoms with Gasteiger partial charge in [0.25, 0.3) is 0 Å². The molecule has 0 saturated carbocycles. The summed E-state index contributed by atoms with van der Waals surface area (Å²) in [6, 6.07) is 6.20. The Morgan fingerprint density at radius 3 is 2.60 bits per heavy atom. The van der Waals surface area contributed by atoms with Gasteiger partial charge in [-0.2, -0.15) is 0 Å². The molecule has 1 aromatic carbocycles. The number of aliphatic hydroxyl groups excluding tert-OH is 1. The second-order valence-electron chi connectivity index (χ2n) is 4.41. The van der Waals surface area contributed by atoms with Crippen molar-refractivity contribution in [2.24, 2.45) is 0 Å². The molecule has 0 aliphatic heterocycles. The molecule has 0 radical (unpaired) electrons. The number of ether oxygens (including phenoxy) is 2. The van der Waals surface area contributed by atoms with Gasteiger partial charge in [0.05, 0.1) is 23.7 Å². The van der Waals surface area contributed by atoms with E-state index < -0.39 is 16.1 Å². The van der Waals surface area contributed by atoms with Crippen molar-refractivity contribution >= 4 is 10.0 Å². The Labute approximate surface area is 119 Å². The summed E-state index contributed by atoms with van der Waals surface area (Å²) in [6.45, 7) is 2.00. The van der Waals surface area contributed by atoms with E-state index in [2.05, 4.69) is 4.72 Å². The van der Waals surface area contributed by atoms with Crippen LogP contribution < -0.4 is 4.72 Å². The molecule has 0 aromatic heterocycles. The average Bonchev–Trinajstić information content (AvgIpc) is 2.43. The molecule has 0 amide bonds. The number of methoxy groups -OCH3 is 2. The van der Waals surface area contributed by atoms with Crippen molar-refractivity contribution < 1.29 is 23.0 Å². The molecule has 2 N–H and O–H groups in total. The Bertz CT molecular complexity index is 515. The predicted molar refractivity (Wildman–Crippen MR) is 74.9 cm³/mol. The Kier molecular flexibility index (Phi) is 6.57. The molecular weight excluding hydrogens is 282 g/mol. The van der Waals surface area contributed by atoms with Gasteiger partial charge < -0.3 is 14.6 Å². The lowest BCUT2D eigenvalue weighted by Crippen LogP contribution is -2.35. The molecule has 2 unspecified atom stereocenters. The highest BCUT2D eigenvalue weighted by atomic mass is 32.2. The molecule has 0 bridgehead atoms. The van der Waals surface area contributed by atoms with E-state index in [1.54, 1.807) is 19.1 Å². The lowest BCUT2D eigenvalue weighted by molar-refractivity contribution is 0.0320. The number of sulfonamides is 1. The smallest absolute Gasteiger partial charge is 0.240 e. The molecule has 20 heavy (non-hydrogen) atoms. The molecule has 6 nitrogen and oxygen atoms in total. The maximum Gasteiger partial charge on any atom is 0.240 e. The number of rotatable bonds is 8. The minimum Gasteiger partial charge on any atom is -0.389 e. The number of aliphatic hydroxyl groups is 1. The van der Waals surface area contributed by atoms with Crippen molar-refractivity contribution in [2.45, 2.75) is 24.0 Å². The summed E-state index contributed by atoms with van der Waals surface area (Å²) in [6.07, 6.45) is -1.07. The van der Waals surface area contributed by atoms with Crippen molar-refractivity contribution in [1.29, 1.82) is 0 Å². The zero-order chi connectivity index (χ0) is 15.2. The second-order valence-corrected chi connectivity index (χ2v) is 6.18. The number of nitrogens with one attached hydrogen (secondary N) is 1. The van der Waals surface area contributed by atoms with Gasteiger partial charge in [-0.05, 0) is 24.6 Å². The largest absolute Gasteiger partial charge is 0.389 e. The van der Waals surface area contributed by atoms with Crippen LogP contribution in [0.4, 0.5) is 0 Å². The first kappa shape index (κ1) is 17.1. The summed E-state index contributed by atoms with van der Waals surface area (Å²) in [5.74, 6) is 0. The van der Waals surface area contributed by atoms with Gasteiger partial charge in [0.1, 0.15) is 0 Å². The molecule has 0 aliphatic rings. The third-order valence-corrected chi connectivity index (χ3v) is 4.26. The molecule has 0 fully saturated rings. The van der Waals surface area contributed by atoms with Crippen LogP contribution in [0, 0.1) is 0 Å². The first-order valence-electron chi connectivity index (χ1n) is 6.20. The molecule has 1 aromatic rings. The van der Waals surface area contributed by atoms with Gasteiger partial charge in [0, 0.05) is 20.8 Å².